The molecule has 1 aliphatic carbocycles. The molecular formula is C19H24F2O. The first-order valence-electron chi connectivity index (χ1n) is 8.28. The zero-order valence-electron chi connectivity index (χ0n) is 13.4. The number of rotatable bonds is 4. The van der Waals surface area contributed by atoms with Gasteiger partial charge in [-0.1, -0.05) is 31.6 Å². The van der Waals surface area contributed by atoms with Gasteiger partial charge in [-0.3, -0.25) is 0 Å². The predicted molar refractivity (Wildman–Crippen MR) is 84.8 cm³/mol. The fourth-order valence-corrected chi connectivity index (χ4v) is 3.08. The Balaban J connectivity index is 2.02. The minimum atomic E-state index is -0.944. The minimum Gasteiger partial charge on any atom is -0.491 e. The van der Waals surface area contributed by atoms with Gasteiger partial charge in [-0.25, -0.2) is 4.39 Å². The Hall–Kier alpha value is -1.56. The second-order valence-corrected chi connectivity index (χ2v) is 5.95. The highest BCUT2D eigenvalue weighted by Gasteiger charge is 2.19. The lowest BCUT2D eigenvalue weighted by molar-refractivity contribution is 0.299. The van der Waals surface area contributed by atoms with E-state index in [2.05, 4.69) is 18.8 Å². The molecular weight excluding hydrogens is 282 g/mol. The molecule has 2 rings (SSSR count). The van der Waals surface area contributed by atoms with Crippen LogP contribution in [0.1, 0.15) is 57.9 Å². The van der Waals surface area contributed by atoms with E-state index in [1.165, 1.54) is 37.8 Å². The van der Waals surface area contributed by atoms with Crippen molar-refractivity contribution in [1.82, 2.24) is 0 Å². The van der Waals surface area contributed by atoms with Crippen molar-refractivity contribution in [3.05, 3.63) is 29.3 Å². The molecule has 0 spiro atoms. The van der Waals surface area contributed by atoms with Gasteiger partial charge >= 0.3 is 0 Å². The summed E-state index contributed by atoms with van der Waals surface area (Å²) in [5.74, 6) is 5.17. The summed E-state index contributed by atoms with van der Waals surface area (Å²) in [7, 11) is 0. The molecule has 0 N–H and O–H groups in total. The summed E-state index contributed by atoms with van der Waals surface area (Å²) < 4.78 is 32.8. The van der Waals surface area contributed by atoms with Crippen molar-refractivity contribution >= 4 is 0 Å². The lowest BCUT2D eigenvalue weighted by Gasteiger charge is -2.25. The van der Waals surface area contributed by atoms with Crippen molar-refractivity contribution in [2.75, 3.05) is 6.61 Å². The summed E-state index contributed by atoms with van der Waals surface area (Å²) in [6.45, 7) is 4.26. The fourth-order valence-electron chi connectivity index (χ4n) is 3.08. The van der Waals surface area contributed by atoms with E-state index in [0.717, 1.165) is 18.8 Å². The molecule has 1 saturated carbocycles. The average molecular weight is 306 g/mol. The molecule has 0 unspecified atom stereocenters. The topological polar surface area (TPSA) is 9.23 Å². The highest BCUT2D eigenvalue weighted by Crippen LogP contribution is 2.31. The van der Waals surface area contributed by atoms with Crippen LogP contribution in [-0.4, -0.2) is 6.61 Å². The maximum absolute atomic E-state index is 13.9. The first-order chi connectivity index (χ1) is 10.7. The van der Waals surface area contributed by atoms with E-state index in [1.54, 1.807) is 6.92 Å². The van der Waals surface area contributed by atoms with E-state index in [4.69, 9.17) is 4.74 Å². The third-order valence-corrected chi connectivity index (χ3v) is 4.30. The van der Waals surface area contributed by atoms with Crippen LogP contribution in [0.4, 0.5) is 8.78 Å². The number of hydrogen-bond donors (Lipinski definition) is 0. The molecule has 0 bridgehead atoms. The molecule has 0 saturated heterocycles. The summed E-state index contributed by atoms with van der Waals surface area (Å²) in [4.78, 5) is 0. The number of benzene rings is 1. The van der Waals surface area contributed by atoms with Crippen LogP contribution in [0, 0.1) is 35.3 Å². The zero-order valence-corrected chi connectivity index (χ0v) is 13.4. The highest BCUT2D eigenvalue weighted by atomic mass is 19.2. The zero-order chi connectivity index (χ0) is 15.9. The smallest absolute Gasteiger partial charge is 0.201 e. The number of ether oxygens (including phenoxy) is 1. The second-order valence-electron chi connectivity index (χ2n) is 5.95. The van der Waals surface area contributed by atoms with Crippen LogP contribution in [0.2, 0.25) is 0 Å². The van der Waals surface area contributed by atoms with Crippen LogP contribution in [0.25, 0.3) is 0 Å². The molecule has 22 heavy (non-hydrogen) atoms. The normalized spacial score (nSPS) is 21.1. The molecule has 1 nitrogen and oxygen atoms in total. The average Bonchev–Trinajstić information content (AvgIpc) is 2.53. The molecule has 120 valence electrons. The first-order valence-corrected chi connectivity index (χ1v) is 8.28. The van der Waals surface area contributed by atoms with Crippen LogP contribution < -0.4 is 4.74 Å². The Kier molecular flexibility index (Phi) is 6.24. The molecule has 0 aromatic heterocycles. The summed E-state index contributed by atoms with van der Waals surface area (Å²) in [6.07, 6.45) is 7.06. The van der Waals surface area contributed by atoms with Gasteiger partial charge in [0.1, 0.15) is 0 Å². The summed E-state index contributed by atoms with van der Waals surface area (Å²) >= 11 is 0. The standard InChI is InChI=1S/C19H24F2O/c1-3-5-14-6-8-15(9-7-14)10-11-16-12-13-17(22-4-2)19(21)18(16)20/h12-15H,3-9H2,1-2H3. The first kappa shape index (κ1) is 16.8. The van der Waals surface area contributed by atoms with E-state index >= 15 is 0 Å². The van der Waals surface area contributed by atoms with E-state index in [1.807, 2.05) is 0 Å². The van der Waals surface area contributed by atoms with Gasteiger partial charge in [0.2, 0.25) is 5.82 Å². The van der Waals surface area contributed by atoms with Crippen LogP contribution in [-0.2, 0) is 0 Å². The van der Waals surface area contributed by atoms with Gasteiger partial charge in [-0.2, -0.15) is 4.39 Å². The molecule has 1 aromatic rings. The Morgan fingerprint density at radius 2 is 1.82 bits per heavy atom. The largest absolute Gasteiger partial charge is 0.491 e. The van der Waals surface area contributed by atoms with Gasteiger partial charge in [0.15, 0.2) is 11.6 Å². The van der Waals surface area contributed by atoms with Crippen molar-refractivity contribution in [2.24, 2.45) is 11.8 Å². The number of halogens is 2. The monoisotopic (exact) mass is 306 g/mol. The van der Waals surface area contributed by atoms with Crippen LogP contribution >= 0.6 is 0 Å². The summed E-state index contributed by atoms with van der Waals surface area (Å²) in [6, 6.07) is 2.95. The van der Waals surface area contributed by atoms with Crippen molar-refractivity contribution in [1.29, 1.82) is 0 Å². The molecule has 0 heterocycles. The second kappa shape index (κ2) is 8.17. The van der Waals surface area contributed by atoms with Gasteiger partial charge in [-0.15, -0.1) is 0 Å². The van der Waals surface area contributed by atoms with Gasteiger partial charge in [0.25, 0.3) is 0 Å². The maximum atomic E-state index is 13.9. The molecule has 0 aliphatic heterocycles. The van der Waals surface area contributed by atoms with E-state index < -0.39 is 11.6 Å². The lowest BCUT2D eigenvalue weighted by Crippen LogP contribution is -2.13. The van der Waals surface area contributed by atoms with Gasteiger partial charge in [0.05, 0.1) is 12.2 Å². The Labute approximate surface area is 132 Å². The quantitative estimate of drug-likeness (QED) is 0.684. The number of hydrogen-bond acceptors (Lipinski definition) is 1. The van der Waals surface area contributed by atoms with Gasteiger partial charge in [-0.05, 0) is 50.7 Å². The molecule has 3 heteroatoms. The summed E-state index contributed by atoms with van der Waals surface area (Å²) in [5, 5.41) is 0. The maximum Gasteiger partial charge on any atom is 0.201 e. The third-order valence-electron chi connectivity index (χ3n) is 4.30. The molecule has 1 fully saturated rings. The van der Waals surface area contributed by atoms with Crippen LogP contribution in [0.5, 0.6) is 5.75 Å². The van der Waals surface area contributed by atoms with Crippen molar-refractivity contribution in [2.45, 2.75) is 52.4 Å². The Morgan fingerprint density at radius 1 is 1.09 bits per heavy atom. The van der Waals surface area contributed by atoms with E-state index in [-0.39, 0.29) is 11.3 Å². The van der Waals surface area contributed by atoms with Crippen LogP contribution in [0.15, 0.2) is 12.1 Å². The molecule has 1 aliphatic rings. The molecule has 1 aromatic carbocycles. The van der Waals surface area contributed by atoms with E-state index in [0.29, 0.717) is 12.5 Å². The highest BCUT2D eigenvalue weighted by molar-refractivity contribution is 5.41. The lowest BCUT2D eigenvalue weighted by atomic mass is 9.80. The molecule has 0 amide bonds. The van der Waals surface area contributed by atoms with Gasteiger partial charge in [0, 0.05) is 5.92 Å². The Morgan fingerprint density at radius 3 is 2.45 bits per heavy atom. The minimum absolute atomic E-state index is 0.0503. The van der Waals surface area contributed by atoms with Crippen molar-refractivity contribution < 1.29 is 13.5 Å². The molecule has 0 radical (unpaired) electrons. The van der Waals surface area contributed by atoms with Crippen molar-refractivity contribution in [3.8, 4) is 17.6 Å². The van der Waals surface area contributed by atoms with Crippen LogP contribution in [0.3, 0.4) is 0 Å². The molecule has 0 atom stereocenters. The SMILES string of the molecule is CCCC1CCC(C#Cc2ccc(OCC)c(F)c2F)CC1. The predicted octanol–water partition coefficient (Wildman–Crippen LogP) is 5.32. The Bertz CT molecular complexity index is 549. The third kappa shape index (κ3) is 4.22. The fraction of sp³-hybridized carbons (Fsp3) is 0.579. The van der Waals surface area contributed by atoms with Crippen molar-refractivity contribution in [3.63, 3.8) is 0 Å². The van der Waals surface area contributed by atoms with Gasteiger partial charge < -0.3 is 4.74 Å². The van der Waals surface area contributed by atoms with E-state index in [9.17, 15) is 8.78 Å². The summed E-state index contributed by atoms with van der Waals surface area (Å²) in [5.41, 5.74) is 0.122.